The lowest BCUT2D eigenvalue weighted by Crippen LogP contribution is -2.58. The summed E-state index contributed by atoms with van der Waals surface area (Å²) in [5.41, 5.74) is 6.83. The van der Waals surface area contributed by atoms with E-state index in [2.05, 4.69) is 16.0 Å². The minimum Gasteiger partial charge on any atom is -0.508 e. The minimum absolute atomic E-state index is 0.00586. The number of phenols is 1. The Morgan fingerprint density at radius 2 is 1.23 bits per heavy atom. The van der Waals surface area contributed by atoms with E-state index in [-0.39, 0.29) is 31.4 Å². The lowest BCUT2D eigenvalue weighted by atomic mass is 10.0. The summed E-state index contributed by atoms with van der Waals surface area (Å²) in [7, 11) is 0. The smallest absolute Gasteiger partial charge is 0.326 e. The van der Waals surface area contributed by atoms with Crippen molar-refractivity contribution in [2.75, 3.05) is 6.61 Å². The van der Waals surface area contributed by atoms with Crippen molar-refractivity contribution < 1.29 is 44.4 Å². The fraction of sp³-hybridized carbons (Fsp3) is 0.346. The number of carboxylic acids is 2. The Morgan fingerprint density at radius 3 is 1.79 bits per heavy atom. The monoisotopic (exact) mass is 544 g/mol. The summed E-state index contributed by atoms with van der Waals surface area (Å²) < 4.78 is 0. The molecule has 13 nitrogen and oxygen atoms in total. The van der Waals surface area contributed by atoms with Gasteiger partial charge in [-0.3, -0.25) is 19.2 Å². The summed E-state index contributed by atoms with van der Waals surface area (Å²) in [4.78, 5) is 60.9. The highest BCUT2D eigenvalue weighted by Crippen LogP contribution is 2.12. The zero-order chi connectivity index (χ0) is 28.9. The van der Waals surface area contributed by atoms with Gasteiger partial charge in [0.2, 0.25) is 17.7 Å². The lowest BCUT2D eigenvalue weighted by Gasteiger charge is -2.24. The molecule has 0 aliphatic rings. The molecular weight excluding hydrogens is 512 g/mol. The van der Waals surface area contributed by atoms with E-state index in [0.29, 0.717) is 11.1 Å². The Kier molecular flexibility index (Phi) is 11.9. The summed E-state index contributed by atoms with van der Waals surface area (Å²) in [5.74, 6) is -5.10. The first-order valence-corrected chi connectivity index (χ1v) is 12.0. The molecule has 2 aromatic carbocycles. The number of amides is 3. The molecule has 39 heavy (non-hydrogen) atoms. The SMILES string of the molecule is NC(CCC(=O)O)C(=O)NC(CO)C(=O)NC(Cc1ccccc1)C(=O)NC(Cc1ccc(O)cc1)C(=O)O. The lowest BCUT2D eigenvalue weighted by molar-refractivity contribution is -0.142. The Hall–Kier alpha value is -4.49. The van der Waals surface area contributed by atoms with Crippen LogP contribution in [0.15, 0.2) is 54.6 Å². The normalized spacial score (nSPS) is 13.8. The predicted molar refractivity (Wildman–Crippen MR) is 137 cm³/mol. The number of benzene rings is 2. The van der Waals surface area contributed by atoms with Gasteiger partial charge in [-0.05, 0) is 29.7 Å². The third-order valence-electron chi connectivity index (χ3n) is 5.73. The van der Waals surface area contributed by atoms with Crippen LogP contribution in [0.1, 0.15) is 24.0 Å². The van der Waals surface area contributed by atoms with Gasteiger partial charge in [-0.2, -0.15) is 0 Å². The highest BCUT2D eigenvalue weighted by Gasteiger charge is 2.30. The average molecular weight is 545 g/mol. The second-order valence-corrected chi connectivity index (χ2v) is 8.80. The zero-order valence-electron chi connectivity index (χ0n) is 20.9. The van der Waals surface area contributed by atoms with Crippen LogP contribution in [0.5, 0.6) is 5.75 Å². The van der Waals surface area contributed by atoms with Gasteiger partial charge in [-0.25, -0.2) is 4.79 Å². The number of hydrogen-bond donors (Lipinski definition) is 8. The van der Waals surface area contributed by atoms with Crippen molar-refractivity contribution in [1.82, 2.24) is 16.0 Å². The second kappa shape index (κ2) is 15.1. The number of hydrogen-bond acceptors (Lipinski definition) is 8. The molecule has 4 unspecified atom stereocenters. The van der Waals surface area contributed by atoms with Crippen LogP contribution in [0.3, 0.4) is 0 Å². The van der Waals surface area contributed by atoms with E-state index in [9.17, 15) is 39.3 Å². The Bertz CT molecular complexity index is 1140. The van der Waals surface area contributed by atoms with Crippen molar-refractivity contribution in [2.45, 2.75) is 49.9 Å². The first-order chi connectivity index (χ1) is 18.5. The van der Waals surface area contributed by atoms with Crippen LogP contribution in [0.2, 0.25) is 0 Å². The summed E-state index contributed by atoms with van der Waals surface area (Å²) in [6.45, 7) is -0.846. The number of carboxylic acid groups (broad SMARTS) is 2. The molecule has 2 aromatic rings. The fourth-order valence-corrected chi connectivity index (χ4v) is 3.55. The molecule has 0 aromatic heterocycles. The molecule has 0 radical (unpaired) electrons. The summed E-state index contributed by atoms with van der Waals surface area (Å²) >= 11 is 0. The Labute approximate surface area is 224 Å². The topological polar surface area (TPSA) is 228 Å². The predicted octanol–water partition coefficient (Wildman–Crippen LogP) is -1.10. The van der Waals surface area contributed by atoms with Crippen LogP contribution >= 0.6 is 0 Å². The maximum atomic E-state index is 13.2. The molecule has 0 aliphatic carbocycles. The maximum absolute atomic E-state index is 13.2. The number of carbonyl (C=O) groups is 5. The first-order valence-electron chi connectivity index (χ1n) is 12.0. The molecular formula is C26H32N4O9. The Morgan fingerprint density at radius 1 is 0.718 bits per heavy atom. The number of nitrogens with one attached hydrogen (secondary N) is 3. The minimum atomic E-state index is -1.51. The van der Waals surface area contributed by atoms with Crippen LogP contribution in [-0.4, -0.2) is 80.9 Å². The Balaban J connectivity index is 2.16. The van der Waals surface area contributed by atoms with Crippen LogP contribution in [-0.2, 0) is 36.8 Å². The number of aliphatic carboxylic acids is 2. The van der Waals surface area contributed by atoms with Crippen molar-refractivity contribution in [2.24, 2.45) is 5.73 Å². The fourth-order valence-electron chi connectivity index (χ4n) is 3.55. The molecule has 0 bridgehead atoms. The van der Waals surface area contributed by atoms with Gasteiger partial charge in [0, 0.05) is 19.3 Å². The molecule has 0 spiro atoms. The summed E-state index contributed by atoms with van der Waals surface area (Å²) in [6.07, 6.45) is -0.707. The number of aliphatic hydroxyl groups is 1. The van der Waals surface area contributed by atoms with E-state index in [1.807, 2.05) is 0 Å². The molecule has 0 aliphatic heterocycles. The third kappa shape index (κ3) is 10.4. The van der Waals surface area contributed by atoms with Crippen molar-refractivity contribution in [3.05, 3.63) is 65.7 Å². The highest BCUT2D eigenvalue weighted by molar-refractivity contribution is 5.94. The molecule has 0 saturated heterocycles. The van der Waals surface area contributed by atoms with Gasteiger partial charge < -0.3 is 42.1 Å². The van der Waals surface area contributed by atoms with E-state index >= 15 is 0 Å². The number of carbonyl (C=O) groups excluding carboxylic acids is 3. The van der Waals surface area contributed by atoms with Crippen LogP contribution in [0.25, 0.3) is 0 Å². The average Bonchev–Trinajstić information content (AvgIpc) is 2.90. The van der Waals surface area contributed by atoms with Crippen molar-refractivity contribution in [3.8, 4) is 5.75 Å². The van der Waals surface area contributed by atoms with E-state index in [1.54, 1.807) is 30.3 Å². The van der Waals surface area contributed by atoms with E-state index in [1.165, 1.54) is 24.3 Å². The van der Waals surface area contributed by atoms with Crippen molar-refractivity contribution >= 4 is 29.7 Å². The van der Waals surface area contributed by atoms with Gasteiger partial charge in [0.15, 0.2) is 0 Å². The van der Waals surface area contributed by atoms with Crippen LogP contribution in [0, 0.1) is 0 Å². The highest BCUT2D eigenvalue weighted by atomic mass is 16.4. The van der Waals surface area contributed by atoms with Gasteiger partial charge >= 0.3 is 11.9 Å². The van der Waals surface area contributed by atoms with E-state index in [0.717, 1.165) is 0 Å². The molecule has 2 rings (SSSR count). The standard InChI is InChI=1S/C26H32N4O9/c27-18(10-11-22(33)34)23(35)30-21(14-31)25(37)28-19(12-15-4-2-1-3-5-15)24(36)29-20(26(38)39)13-16-6-8-17(32)9-7-16/h1-9,18-21,31-32H,10-14,27H2,(H,28,37)(H,29,36)(H,30,35)(H,33,34)(H,38,39). The van der Waals surface area contributed by atoms with Gasteiger partial charge in [0.1, 0.15) is 23.9 Å². The van der Waals surface area contributed by atoms with Gasteiger partial charge in [0.25, 0.3) is 0 Å². The van der Waals surface area contributed by atoms with Crippen LogP contribution in [0.4, 0.5) is 0 Å². The van der Waals surface area contributed by atoms with Gasteiger partial charge in [0.05, 0.1) is 12.6 Å². The van der Waals surface area contributed by atoms with E-state index in [4.69, 9.17) is 10.8 Å². The van der Waals surface area contributed by atoms with Gasteiger partial charge in [-0.1, -0.05) is 42.5 Å². The largest absolute Gasteiger partial charge is 0.508 e. The first kappa shape index (κ1) is 30.7. The summed E-state index contributed by atoms with van der Waals surface area (Å²) in [5, 5.41) is 44.6. The molecule has 210 valence electrons. The summed E-state index contributed by atoms with van der Waals surface area (Å²) in [6, 6.07) is 8.96. The van der Waals surface area contributed by atoms with Gasteiger partial charge in [-0.15, -0.1) is 0 Å². The zero-order valence-corrected chi connectivity index (χ0v) is 20.9. The van der Waals surface area contributed by atoms with E-state index < -0.39 is 60.4 Å². The van der Waals surface area contributed by atoms with Crippen molar-refractivity contribution in [1.29, 1.82) is 0 Å². The maximum Gasteiger partial charge on any atom is 0.326 e. The molecule has 4 atom stereocenters. The quantitative estimate of drug-likeness (QED) is 0.135. The molecule has 0 fully saturated rings. The molecule has 9 N–H and O–H groups in total. The van der Waals surface area contributed by atoms with Crippen molar-refractivity contribution in [3.63, 3.8) is 0 Å². The number of aromatic hydroxyl groups is 1. The number of rotatable bonds is 15. The molecule has 0 heterocycles. The molecule has 0 saturated carbocycles. The molecule has 13 heteroatoms. The molecule has 3 amide bonds. The number of aliphatic hydroxyl groups excluding tert-OH is 1. The second-order valence-electron chi connectivity index (χ2n) is 8.80. The number of nitrogens with two attached hydrogens (primary N) is 1. The number of phenolic OH excluding ortho intramolecular Hbond substituents is 1. The van der Waals surface area contributed by atoms with Crippen LogP contribution < -0.4 is 21.7 Å². The third-order valence-corrected chi connectivity index (χ3v) is 5.73.